The van der Waals surface area contributed by atoms with Crippen molar-refractivity contribution in [2.45, 2.75) is 68.0 Å². The van der Waals surface area contributed by atoms with Crippen LogP contribution in [0.1, 0.15) is 38.3 Å². The van der Waals surface area contributed by atoms with Crippen LogP contribution >= 0.6 is 19.2 Å². The molecule has 5 rings (SSSR count). The largest absolute Gasteiger partial charge is 0.462 e. The number of nitrogens with zero attached hydrogens (tertiary/aromatic N) is 4. The van der Waals surface area contributed by atoms with Crippen molar-refractivity contribution >= 4 is 42.0 Å². The number of hydrogen-bond acceptors (Lipinski definition) is 11. The number of nitrogens with one attached hydrogen (secondary N) is 1. The monoisotopic (exact) mass is 533 g/mol. The number of cyclic esters (lactones) is 1. The van der Waals surface area contributed by atoms with Crippen LogP contribution < -0.4 is 5.32 Å². The van der Waals surface area contributed by atoms with Gasteiger partial charge in [-0.1, -0.05) is 12.8 Å². The molecule has 192 valence electrons. The van der Waals surface area contributed by atoms with Crippen LogP contribution in [0.5, 0.6) is 0 Å². The topological polar surface area (TPSA) is 198 Å². The molecule has 5 N–H and O–H groups in total. The van der Waals surface area contributed by atoms with Gasteiger partial charge in [0.05, 0.1) is 24.6 Å². The summed E-state index contributed by atoms with van der Waals surface area (Å²) < 4.78 is 29.1. The molecular weight excluding hydrogens is 509 g/mol. The fraction of sp³-hybridized carbons (Fsp3) is 0.684. The molecular formula is C19H25ClN5O9P. The highest BCUT2D eigenvalue weighted by molar-refractivity contribution is 7.53. The Morgan fingerprint density at radius 2 is 2.00 bits per heavy atom. The summed E-state index contributed by atoms with van der Waals surface area (Å²) in [7, 11) is -4.92. The number of aliphatic hydroxyl groups excluding tert-OH is 2. The first-order valence-electron chi connectivity index (χ1n) is 11.1. The van der Waals surface area contributed by atoms with E-state index < -0.39 is 63.1 Å². The van der Waals surface area contributed by atoms with Gasteiger partial charge in [-0.15, -0.1) is 0 Å². The first-order chi connectivity index (χ1) is 16.6. The number of halogens is 1. The van der Waals surface area contributed by atoms with E-state index >= 15 is 0 Å². The van der Waals surface area contributed by atoms with Crippen LogP contribution in [-0.2, 0) is 23.6 Å². The van der Waals surface area contributed by atoms with Crippen molar-refractivity contribution in [3.8, 4) is 0 Å². The molecule has 0 bridgehead atoms. The molecule has 2 aromatic rings. The predicted molar refractivity (Wildman–Crippen MR) is 118 cm³/mol. The number of ether oxygens (including phenoxy) is 3. The number of carbonyl (C=O) groups excluding carboxylic acids is 1. The van der Waals surface area contributed by atoms with Gasteiger partial charge < -0.3 is 39.5 Å². The lowest BCUT2D eigenvalue weighted by Crippen LogP contribution is -2.40. The van der Waals surface area contributed by atoms with E-state index in [0.717, 1.165) is 25.7 Å². The van der Waals surface area contributed by atoms with Crippen LogP contribution in [0.4, 0.5) is 5.82 Å². The minimum Gasteiger partial charge on any atom is -0.462 e. The van der Waals surface area contributed by atoms with Crippen molar-refractivity contribution in [1.29, 1.82) is 0 Å². The number of carbonyl (C=O) groups is 1. The Morgan fingerprint density at radius 3 is 2.66 bits per heavy atom. The summed E-state index contributed by atoms with van der Waals surface area (Å²) in [6.07, 6.45) is -0.265. The zero-order valence-electron chi connectivity index (χ0n) is 18.4. The summed E-state index contributed by atoms with van der Waals surface area (Å²) in [6.45, 7) is -1.17. The van der Waals surface area contributed by atoms with Crippen molar-refractivity contribution < 1.29 is 43.6 Å². The maximum atomic E-state index is 12.0. The van der Waals surface area contributed by atoms with Crippen LogP contribution in [-0.4, -0.2) is 88.6 Å². The number of fused-ring (bicyclic) bond motifs is 1. The second-order valence-electron chi connectivity index (χ2n) is 8.98. The standard InChI is InChI=1S/C19H25ClN5O9P/c20-18-23-15(22-9-3-1-2-4-9)10-6-21-25(16(10)24-18)17-14(28)13(27)11(34-17)7-33-19(35(29,30)31)5-12(26)32-8-19/h6,9,11,13-14,17,27-28H,1-5,7-8H2,(H,22,23,24)(H2,29,30,31)/t11-,13-,14-,17-,19-/m1/s1. The molecule has 1 saturated carbocycles. The number of esters is 1. The summed E-state index contributed by atoms with van der Waals surface area (Å²) in [4.78, 5) is 39.4. The average molecular weight is 534 g/mol. The first kappa shape index (κ1) is 24.8. The summed E-state index contributed by atoms with van der Waals surface area (Å²) in [5.41, 5.74) is 0.268. The molecule has 0 aromatic carbocycles. The Morgan fingerprint density at radius 1 is 1.26 bits per heavy atom. The Hall–Kier alpha value is -1.90. The van der Waals surface area contributed by atoms with Gasteiger partial charge in [0, 0.05) is 6.04 Å². The van der Waals surface area contributed by atoms with Gasteiger partial charge in [0.1, 0.15) is 30.7 Å². The van der Waals surface area contributed by atoms with E-state index in [2.05, 4.69) is 20.4 Å². The van der Waals surface area contributed by atoms with Gasteiger partial charge in [-0.05, 0) is 24.4 Å². The van der Waals surface area contributed by atoms with Crippen LogP contribution in [0.25, 0.3) is 11.0 Å². The van der Waals surface area contributed by atoms with Gasteiger partial charge in [0.15, 0.2) is 11.9 Å². The molecule has 4 heterocycles. The van der Waals surface area contributed by atoms with Crippen molar-refractivity contribution in [3.63, 3.8) is 0 Å². The molecule has 2 saturated heterocycles. The third-order valence-electron chi connectivity index (χ3n) is 6.63. The molecule has 0 amide bonds. The molecule has 0 radical (unpaired) electrons. The lowest BCUT2D eigenvalue weighted by molar-refractivity contribution is -0.137. The number of hydrogen-bond donors (Lipinski definition) is 5. The van der Waals surface area contributed by atoms with E-state index in [4.69, 9.17) is 25.8 Å². The second-order valence-corrected chi connectivity index (χ2v) is 11.2. The van der Waals surface area contributed by atoms with E-state index in [0.29, 0.717) is 11.2 Å². The molecule has 35 heavy (non-hydrogen) atoms. The highest BCUT2D eigenvalue weighted by Gasteiger charge is 2.56. The Labute approximate surface area is 203 Å². The zero-order chi connectivity index (χ0) is 25.0. The van der Waals surface area contributed by atoms with Crippen molar-refractivity contribution in [2.24, 2.45) is 0 Å². The zero-order valence-corrected chi connectivity index (χ0v) is 20.0. The molecule has 3 aliphatic rings. The molecule has 3 fully saturated rings. The SMILES string of the molecule is O=C1C[C@@](OC[C@H]2O[C@@H](n3ncc4c(NC5CCCC5)nc(Cl)nc43)[C@H](O)[C@@H]2O)(P(=O)(O)O)CO1. The van der Waals surface area contributed by atoms with E-state index in [-0.39, 0.29) is 17.0 Å². The highest BCUT2D eigenvalue weighted by atomic mass is 35.5. The van der Waals surface area contributed by atoms with E-state index in [1.54, 1.807) is 0 Å². The third-order valence-corrected chi connectivity index (χ3v) is 8.27. The van der Waals surface area contributed by atoms with Crippen LogP contribution in [0.3, 0.4) is 0 Å². The highest BCUT2D eigenvalue weighted by Crippen LogP contribution is 2.56. The third kappa shape index (κ3) is 4.53. The molecule has 0 unspecified atom stereocenters. The van der Waals surface area contributed by atoms with Crippen LogP contribution in [0.2, 0.25) is 5.28 Å². The van der Waals surface area contributed by atoms with Gasteiger partial charge in [0.2, 0.25) is 10.6 Å². The second kappa shape index (κ2) is 9.20. The maximum absolute atomic E-state index is 12.0. The molecule has 16 heteroatoms. The molecule has 2 aromatic heterocycles. The van der Waals surface area contributed by atoms with Gasteiger partial charge in [-0.2, -0.15) is 15.1 Å². The molecule has 5 atom stereocenters. The molecule has 0 spiro atoms. The van der Waals surface area contributed by atoms with Crippen molar-refractivity contribution in [2.75, 3.05) is 18.5 Å². The summed E-state index contributed by atoms with van der Waals surface area (Å²) in [5, 5.41) is 27.2. The Bertz CT molecular complexity index is 1170. The minimum absolute atomic E-state index is 0.0397. The first-order valence-corrected chi connectivity index (χ1v) is 13.1. The fourth-order valence-electron chi connectivity index (χ4n) is 4.65. The van der Waals surface area contributed by atoms with Gasteiger partial charge in [-0.25, -0.2) is 4.68 Å². The molecule has 2 aliphatic heterocycles. The number of rotatable bonds is 7. The van der Waals surface area contributed by atoms with E-state index in [9.17, 15) is 29.4 Å². The van der Waals surface area contributed by atoms with E-state index in [1.807, 2.05) is 0 Å². The minimum atomic E-state index is -4.92. The number of aromatic nitrogens is 4. The number of anilines is 1. The predicted octanol–water partition coefficient (Wildman–Crippen LogP) is 0.291. The van der Waals surface area contributed by atoms with E-state index in [1.165, 1.54) is 10.9 Å². The Balaban J connectivity index is 1.36. The molecule has 14 nitrogen and oxygen atoms in total. The summed E-state index contributed by atoms with van der Waals surface area (Å²) >= 11 is 6.14. The van der Waals surface area contributed by atoms with Crippen LogP contribution in [0.15, 0.2) is 6.20 Å². The normalized spacial score (nSPS) is 32.0. The van der Waals surface area contributed by atoms with Crippen molar-refractivity contribution in [3.05, 3.63) is 11.5 Å². The maximum Gasteiger partial charge on any atom is 0.361 e. The lowest BCUT2D eigenvalue weighted by atomic mass is 10.1. The smallest absolute Gasteiger partial charge is 0.361 e. The summed E-state index contributed by atoms with van der Waals surface area (Å²) in [6, 6.07) is 0.247. The van der Waals surface area contributed by atoms with Crippen LogP contribution in [0, 0.1) is 0 Å². The van der Waals surface area contributed by atoms with Gasteiger partial charge >= 0.3 is 13.6 Å². The van der Waals surface area contributed by atoms with Gasteiger partial charge in [0.25, 0.3) is 0 Å². The summed E-state index contributed by atoms with van der Waals surface area (Å²) in [5.74, 6) is -0.318. The number of aliphatic hydroxyl groups is 2. The fourth-order valence-corrected chi connectivity index (χ4v) is 5.62. The van der Waals surface area contributed by atoms with Crippen molar-refractivity contribution in [1.82, 2.24) is 19.7 Å². The Kier molecular flexibility index (Phi) is 6.51. The van der Waals surface area contributed by atoms with Gasteiger partial charge in [-0.3, -0.25) is 9.36 Å². The average Bonchev–Trinajstić information content (AvgIpc) is 3.56. The lowest BCUT2D eigenvalue weighted by Gasteiger charge is -2.28. The molecule has 1 aliphatic carbocycles. The quantitative estimate of drug-likeness (QED) is 0.185.